The summed E-state index contributed by atoms with van der Waals surface area (Å²) >= 11 is 1.40. The molecule has 2 aromatic rings. The molecular weight excluding hydrogens is 338 g/mol. The van der Waals surface area contributed by atoms with E-state index in [0.29, 0.717) is 36.0 Å². The Morgan fingerprint density at radius 3 is 2.56 bits per heavy atom. The highest BCUT2D eigenvalue weighted by Gasteiger charge is 2.21. The molecule has 7 heteroatoms. The predicted molar refractivity (Wildman–Crippen MR) is 99.2 cm³/mol. The fourth-order valence-electron chi connectivity index (χ4n) is 2.62. The zero-order valence-electron chi connectivity index (χ0n) is 14.0. The summed E-state index contributed by atoms with van der Waals surface area (Å²) in [6, 6.07) is 11.0. The monoisotopic (exact) mass is 359 g/mol. The lowest BCUT2D eigenvalue weighted by molar-refractivity contribution is -0.119. The van der Waals surface area contributed by atoms with Crippen LogP contribution in [0.2, 0.25) is 0 Å². The van der Waals surface area contributed by atoms with E-state index in [0.717, 1.165) is 6.54 Å². The number of ether oxygens (including phenoxy) is 1. The highest BCUT2D eigenvalue weighted by Crippen LogP contribution is 2.16. The molecule has 0 bridgehead atoms. The summed E-state index contributed by atoms with van der Waals surface area (Å²) in [4.78, 5) is 27.0. The summed E-state index contributed by atoms with van der Waals surface area (Å²) in [6.45, 7) is 4.49. The molecule has 2 N–H and O–H groups in total. The maximum atomic E-state index is 12.2. The number of benzene rings is 1. The number of morpholine rings is 1. The van der Waals surface area contributed by atoms with Gasteiger partial charge in [0.2, 0.25) is 5.91 Å². The summed E-state index contributed by atoms with van der Waals surface area (Å²) in [5.74, 6) is -0.183. The van der Waals surface area contributed by atoms with E-state index in [-0.39, 0.29) is 17.9 Å². The van der Waals surface area contributed by atoms with Gasteiger partial charge in [-0.25, -0.2) is 0 Å². The van der Waals surface area contributed by atoms with Gasteiger partial charge in [0.1, 0.15) is 0 Å². The Kier molecular flexibility index (Phi) is 5.80. The SMILES string of the molecule is CC1COCCN1CC(=O)Nc1ccc(NC(=O)c2cccs2)cc1. The molecule has 1 fully saturated rings. The van der Waals surface area contributed by atoms with Crippen LogP contribution in [0.1, 0.15) is 16.6 Å². The number of rotatable bonds is 5. The van der Waals surface area contributed by atoms with Crippen molar-refractivity contribution in [2.24, 2.45) is 0 Å². The lowest BCUT2D eigenvalue weighted by Crippen LogP contribution is -2.47. The van der Waals surface area contributed by atoms with Crippen LogP contribution in [0.5, 0.6) is 0 Å². The zero-order valence-corrected chi connectivity index (χ0v) is 14.8. The van der Waals surface area contributed by atoms with Crippen LogP contribution in [0, 0.1) is 0 Å². The normalized spacial score (nSPS) is 17.9. The van der Waals surface area contributed by atoms with E-state index in [1.165, 1.54) is 11.3 Å². The van der Waals surface area contributed by atoms with Gasteiger partial charge in [0.05, 0.1) is 24.6 Å². The average molecular weight is 359 g/mol. The predicted octanol–water partition coefficient (Wildman–Crippen LogP) is 2.66. The molecule has 25 heavy (non-hydrogen) atoms. The highest BCUT2D eigenvalue weighted by molar-refractivity contribution is 7.12. The number of hydrogen-bond acceptors (Lipinski definition) is 5. The molecule has 2 amide bonds. The van der Waals surface area contributed by atoms with Crippen molar-refractivity contribution >= 4 is 34.5 Å². The second kappa shape index (κ2) is 8.24. The third-order valence-corrected chi connectivity index (χ3v) is 4.89. The smallest absolute Gasteiger partial charge is 0.265 e. The molecular formula is C18H21N3O3S. The minimum Gasteiger partial charge on any atom is -0.379 e. The second-order valence-electron chi connectivity index (χ2n) is 5.95. The summed E-state index contributed by atoms with van der Waals surface area (Å²) in [5, 5.41) is 7.58. The molecule has 1 aliphatic rings. The lowest BCUT2D eigenvalue weighted by atomic mass is 10.2. The Hall–Kier alpha value is -2.22. The van der Waals surface area contributed by atoms with Gasteiger partial charge in [0.15, 0.2) is 0 Å². The third-order valence-electron chi connectivity index (χ3n) is 4.02. The van der Waals surface area contributed by atoms with Gasteiger partial charge in [0, 0.05) is 24.0 Å². The Bertz CT molecular complexity index is 716. The molecule has 1 unspecified atom stereocenters. The van der Waals surface area contributed by atoms with Crippen LogP contribution >= 0.6 is 11.3 Å². The van der Waals surface area contributed by atoms with Crippen molar-refractivity contribution in [3.8, 4) is 0 Å². The fraction of sp³-hybridized carbons (Fsp3) is 0.333. The van der Waals surface area contributed by atoms with Gasteiger partial charge in [-0.2, -0.15) is 0 Å². The Morgan fingerprint density at radius 2 is 1.92 bits per heavy atom. The standard InChI is InChI=1S/C18H21N3O3S/c1-13-12-24-9-8-21(13)11-17(22)19-14-4-6-15(7-5-14)20-18(23)16-3-2-10-25-16/h2-7,10,13H,8-9,11-12H2,1H3,(H,19,22)(H,20,23). The molecule has 1 aliphatic heterocycles. The molecule has 0 saturated carbocycles. The van der Waals surface area contributed by atoms with Crippen LogP contribution in [-0.2, 0) is 9.53 Å². The van der Waals surface area contributed by atoms with Crippen molar-refractivity contribution in [3.63, 3.8) is 0 Å². The van der Waals surface area contributed by atoms with E-state index < -0.39 is 0 Å². The first-order chi connectivity index (χ1) is 12.1. The zero-order chi connectivity index (χ0) is 17.6. The number of carbonyl (C=O) groups excluding carboxylic acids is 2. The number of amides is 2. The van der Waals surface area contributed by atoms with Crippen molar-refractivity contribution in [3.05, 3.63) is 46.7 Å². The Labute approximate surface area is 150 Å². The van der Waals surface area contributed by atoms with Crippen LogP contribution in [0.25, 0.3) is 0 Å². The second-order valence-corrected chi connectivity index (χ2v) is 6.90. The van der Waals surface area contributed by atoms with E-state index in [1.807, 2.05) is 11.4 Å². The van der Waals surface area contributed by atoms with Crippen LogP contribution < -0.4 is 10.6 Å². The summed E-state index contributed by atoms with van der Waals surface area (Å²) in [6.07, 6.45) is 0. The van der Waals surface area contributed by atoms with Gasteiger partial charge >= 0.3 is 0 Å². The van der Waals surface area contributed by atoms with Gasteiger partial charge in [-0.15, -0.1) is 11.3 Å². The topological polar surface area (TPSA) is 70.7 Å². The number of anilines is 2. The van der Waals surface area contributed by atoms with Gasteiger partial charge in [-0.3, -0.25) is 14.5 Å². The van der Waals surface area contributed by atoms with Crippen molar-refractivity contribution in [1.82, 2.24) is 4.90 Å². The molecule has 3 rings (SSSR count). The minimum absolute atomic E-state index is 0.0517. The first-order valence-electron chi connectivity index (χ1n) is 8.18. The van der Waals surface area contributed by atoms with Crippen LogP contribution in [0.15, 0.2) is 41.8 Å². The fourth-order valence-corrected chi connectivity index (χ4v) is 3.24. The van der Waals surface area contributed by atoms with E-state index in [9.17, 15) is 9.59 Å². The van der Waals surface area contributed by atoms with Gasteiger partial charge in [-0.1, -0.05) is 6.07 Å². The number of nitrogens with one attached hydrogen (secondary N) is 2. The molecule has 1 saturated heterocycles. The molecule has 2 heterocycles. The molecule has 0 spiro atoms. The number of thiophene rings is 1. The van der Waals surface area contributed by atoms with Crippen molar-refractivity contribution in [2.75, 3.05) is 36.9 Å². The maximum absolute atomic E-state index is 12.2. The molecule has 0 aliphatic carbocycles. The molecule has 132 valence electrons. The van der Waals surface area contributed by atoms with E-state index in [1.54, 1.807) is 30.3 Å². The van der Waals surface area contributed by atoms with Crippen molar-refractivity contribution in [2.45, 2.75) is 13.0 Å². The molecule has 6 nitrogen and oxygen atoms in total. The van der Waals surface area contributed by atoms with Crippen LogP contribution in [0.4, 0.5) is 11.4 Å². The summed E-state index contributed by atoms with van der Waals surface area (Å²) in [7, 11) is 0. The average Bonchev–Trinajstić information content (AvgIpc) is 3.13. The Morgan fingerprint density at radius 1 is 1.20 bits per heavy atom. The van der Waals surface area contributed by atoms with Crippen molar-refractivity contribution in [1.29, 1.82) is 0 Å². The van der Waals surface area contributed by atoms with Crippen LogP contribution in [0.3, 0.4) is 0 Å². The van der Waals surface area contributed by atoms with E-state index in [2.05, 4.69) is 22.5 Å². The molecule has 0 radical (unpaired) electrons. The van der Waals surface area contributed by atoms with E-state index in [4.69, 9.17) is 4.74 Å². The lowest BCUT2D eigenvalue weighted by Gasteiger charge is -2.32. The quantitative estimate of drug-likeness (QED) is 0.861. The Balaban J connectivity index is 1.51. The first kappa shape index (κ1) is 17.6. The van der Waals surface area contributed by atoms with Gasteiger partial charge < -0.3 is 15.4 Å². The largest absolute Gasteiger partial charge is 0.379 e. The number of carbonyl (C=O) groups is 2. The van der Waals surface area contributed by atoms with Gasteiger partial charge in [0.25, 0.3) is 5.91 Å². The number of hydrogen-bond donors (Lipinski definition) is 2. The minimum atomic E-state index is -0.131. The highest BCUT2D eigenvalue weighted by atomic mass is 32.1. The van der Waals surface area contributed by atoms with E-state index >= 15 is 0 Å². The van der Waals surface area contributed by atoms with Crippen molar-refractivity contribution < 1.29 is 14.3 Å². The molecule has 1 aromatic heterocycles. The molecule has 1 atom stereocenters. The first-order valence-corrected chi connectivity index (χ1v) is 9.06. The molecule has 1 aromatic carbocycles. The third kappa shape index (κ3) is 4.88. The summed E-state index contributed by atoms with van der Waals surface area (Å²) < 4.78 is 5.38. The maximum Gasteiger partial charge on any atom is 0.265 e. The summed E-state index contributed by atoms with van der Waals surface area (Å²) in [5.41, 5.74) is 1.40. The van der Waals surface area contributed by atoms with Gasteiger partial charge in [-0.05, 0) is 42.6 Å². The number of nitrogens with zero attached hydrogens (tertiary/aromatic N) is 1. The van der Waals surface area contributed by atoms with Crippen LogP contribution in [-0.4, -0.2) is 49.1 Å².